The van der Waals surface area contributed by atoms with E-state index in [9.17, 15) is 5.11 Å². The van der Waals surface area contributed by atoms with E-state index in [0.29, 0.717) is 23.3 Å². The minimum atomic E-state index is 0.305. The molecule has 2 N–H and O–H groups in total. The van der Waals surface area contributed by atoms with Crippen LogP contribution in [0, 0.1) is 0 Å². The Morgan fingerprint density at radius 1 is 0.500 bits per heavy atom. The van der Waals surface area contributed by atoms with Crippen LogP contribution in [0.5, 0.6) is 11.5 Å². The first-order chi connectivity index (χ1) is 15.7. The van der Waals surface area contributed by atoms with Crippen molar-refractivity contribution in [3.63, 3.8) is 0 Å². The average molecular weight is 429 g/mol. The Kier molecular flexibility index (Phi) is 7.87. The number of aromatic hydroxyl groups is 2. The zero-order valence-corrected chi connectivity index (χ0v) is 19.0. The van der Waals surface area contributed by atoms with Crippen LogP contribution in [-0.2, 0) is 0 Å². The monoisotopic (exact) mass is 428 g/mol. The van der Waals surface area contributed by atoms with E-state index in [0.717, 1.165) is 5.56 Å². The van der Waals surface area contributed by atoms with Crippen molar-refractivity contribution >= 4 is 0 Å². The lowest BCUT2D eigenvalue weighted by Gasteiger charge is -2.30. The molecule has 0 atom stereocenters. The molecule has 2 nitrogen and oxygen atoms in total. The van der Waals surface area contributed by atoms with E-state index in [4.69, 9.17) is 5.11 Å². The van der Waals surface area contributed by atoms with E-state index in [2.05, 4.69) is 6.07 Å². The minimum Gasteiger partial charge on any atom is -0.508 e. The second-order valence-electron chi connectivity index (χ2n) is 9.36. The summed E-state index contributed by atoms with van der Waals surface area (Å²) < 4.78 is 0. The highest BCUT2D eigenvalue weighted by atomic mass is 16.3. The van der Waals surface area contributed by atoms with Crippen molar-refractivity contribution in [2.75, 3.05) is 0 Å². The van der Waals surface area contributed by atoms with E-state index < -0.39 is 0 Å². The van der Waals surface area contributed by atoms with Crippen molar-refractivity contribution in [2.45, 2.75) is 76.0 Å². The van der Waals surface area contributed by atoms with E-state index >= 15 is 0 Å². The highest BCUT2D eigenvalue weighted by Crippen LogP contribution is 2.44. The summed E-state index contributed by atoms with van der Waals surface area (Å²) in [6.45, 7) is 0. The van der Waals surface area contributed by atoms with Crippen LogP contribution in [0.25, 0.3) is 11.1 Å². The standard InChI is InChI=1S/C18H26O.C12H10O/c19-17-13-7-12-16(14-8-3-1-4-9-14)18(17)15-10-5-2-6-11-15;13-12-8-6-11(7-9-12)10-4-2-1-3-5-10/h7,12-15,19H,1-6,8-11H2;1-9,13H. The zero-order valence-electron chi connectivity index (χ0n) is 19.0. The molecule has 0 aromatic heterocycles. The van der Waals surface area contributed by atoms with Crippen molar-refractivity contribution in [3.05, 3.63) is 83.9 Å². The molecule has 168 valence electrons. The van der Waals surface area contributed by atoms with Crippen LogP contribution in [0.15, 0.2) is 72.8 Å². The lowest BCUT2D eigenvalue weighted by molar-refractivity contribution is 0.397. The third kappa shape index (κ3) is 5.73. The Bertz CT molecular complexity index is 950. The van der Waals surface area contributed by atoms with Crippen LogP contribution in [0.4, 0.5) is 0 Å². The summed E-state index contributed by atoms with van der Waals surface area (Å²) in [6, 6.07) is 23.5. The fourth-order valence-electron chi connectivity index (χ4n) is 5.46. The van der Waals surface area contributed by atoms with E-state index in [1.807, 2.05) is 54.6 Å². The molecule has 0 unspecified atom stereocenters. The van der Waals surface area contributed by atoms with Gasteiger partial charge in [0.05, 0.1) is 0 Å². The van der Waals surface area contributed by atoms with E-state index in [-0.39, 0.29) is 0 Å². The molecule has 0 amide bonds. The third-order valence-electron chi connectivity index (χ3n) is 7.15. The van der Waals surface area contributed by atoms with Crippen molar-refractivity contribution in [3.8, 4) is 22.6 Å². The molecule has 0 saturated heterocycles. The van der Waals surface area contributed by atoms with Crippen molar-refractivity contribution in [1.82, 2.24) is 0 Å². The smallest absolute Gasteiger partial charge is 0.119 e. The molecule has 0 aliphatic heterocycles. The molecule has 0 bridgehead atoms. The molecule has 3 aromatic carbocycles. The van der Waals surface area contributed by atoms with Gasteiger partial charge in [-0.25, -0.2) is 0 Å². The molecule has 2 saturated carbocycles. The predicted octanol–water partition coefficient (Wildman–Crippen LogP) is 8.55. The van der Waals surface area contributed by atoms with Crippen molar-refractivity contribution in [1.29, 1.82) is 0 Å². The quantitative estimate of drug-likeness (QED) is 0.439. The van der Waals surface area contributed by atoms with E-state index in [1.165, 1.54) is 80.9 Å². The SMILES string of the molecule is Oc1ccc(-c2ccccc2)cc1.Oc1cccc(C2CCCCC2)c1C1CCCCC1. The number of phenolic OH excluding ortho intramolecular Hbond substituents is 2. The molecule has 2 fully saturated rings. The van der Waals surface area contributed by atoms with Crippen LogP contribution < -0.4 is 0 Å². The summed E-state index contributed by atoms with van der Waals surface area (Å²) >= 11 is 0. The lowest BCUT2D eigenvalue weighted by Crippen LogP contribution is -2.12. The topological polar surface area (TPSA) is 40.5 Å². The van der Waals surface area contributed by atoms with Gasteiger partial charge in [-0.15, -0.1) is 0 Å². The van der Waals surface area contributed by atoms with Gasteiger partial charge in [0.25, 0.3) is 0 Å². The van der Waals surface area contributed by atoms with Gasteiger partial charge in [0.1, 0.15) is 11.5 Å². The van der Waals surface area contributed by atoms with Crippen LogP contribution in [0.1, 0.15) is 87.2 Å². The Morgan fingerprint density at radius 3 is 1.69 bits per heavy atom. The first-order valence-electron chi connectivity index (χ1n) is 12.4. The van der Waals surface area contributed by atoms with Crippen LogP contribution in [0.2, 0.25) is 0 Å². The van der Waals surface area contributed by atoms with Gasteiger partial charge in [-0.05, 0) is 72.4 Å². The summed E-state index contributed by atoms with van der Waals surface area (Å²) in [5.41, 5.74) is 5.08. The minimum absolute atomic E-state index is 0.305. The van der Waals surface area contributed by atoms with E-state index in [1.54, 1.807) is 12.1 Å². The fourth-order valence-corrected chi connectivity index (χ4v) is 5.46. The second kappa shape index (κ2) is 11.2. The Labute approximate surface area is 193 Å². The molecule has 5 rings (SSSR count). The number of phenols is 2. The van der Waals surface area contributed by atoms with Gasteiger partial charge in [-0.3, -0.25) is 0 Å². The maximum absolute atomic E-state index is 10.4. The maximum atomic E-state index is 10.4. The van der Waals surface area contributed by atoms with Crippen molar-refractivity contribution < 1.29 is 10.2 Å². The number of hydrogen-bond acceptors (Lipinski definition) is 2. The molecule has 0 radical (unpaired) electrons. The third-order valence-corrected chi connectivity index (χ3v) is 7.15. The highest BCUT2D eigenvalue weighted by molar-refractivity contribution is 5.63. The normalized spacial score (nSPS) is 17.4. The molecule has 3 aromatic rings. The van der Waals surface area contributed by atoms with Gasteiger partial charge < -0.3 is 10.2 Å². The second-order valence-corrected chi connectivity index (χ2v) is 9.36. The molecule has 2 aliphatic carbocycles. The first kappa shape index (κ1) is 22.5. The molecular formula is C30H36O2. The van der Waals surface area contributed by atoms with Gasteiger partial charge in [-0.2, -0.15) is 0 Å². The van der Waals surface area contributed by atoms with Crippen LogP contribution in [-0.4, -0.2) is 10.2 Å². The fraction of sp³-hybridized carbons (Fsp3) is 0.400. The maximum Gasteiger partial charge on any atom is 0.119 e. The summed E-state index contributed by atoms with van der Waals surface area (Å²) in [5.74, 6) is 2.19. The first-order valence-corrected chi connectivity index (χ1v) is 12.4. The summed E-state index contributed by atoms with van der Waals surface area (Å²) in [4.78, 5) is 0. The van der Waals surface area contributed by atoms with Crippen LogP contribution >= 0.6 is 0 Å². The molecular weight excluding hydrogens is 392 g/mol. The van der Waals surface area contributed by atoms with Gasteiger partial charge in [0, 0.05) is 5.56 Å². The Hall–Kier alpha value is -2.74. The van der Waals surface area contributed by atoms with Gasteiger partial charge in [0.2, 0.25) is 0 Å². The lowest BCUT2D eigenvalue weighted by atomic mass is 9.75. The predicted molar refractivity (Wildman–Crippen MR) is 133 cm³/mol. The van der Waals surface area contributed by atoms with Gasteiger partial charge >= 0.3 is 0 Å². The molecule has 2 heteroatoms. The largest absolute Gasteiger partial charge is 0.508 e. The average Bonchev–Trinajstić information content (AvgIpc) is 2.86. The number of rotatable bonds is 3. The molecule has 0 heterocycles. The Balaban J connectivity index is 0.000000165. The summed E-state index contributed by atoms with van der Waals surface area (Å²) in [7, 11) is 0. The summed E-state index contributed by atoms with van der Waals surface area (Å²) in [6.07, 6.45) is 13.4. The van der Waals surface area contributed by atoms with Crippen molar-refractivity contribution in [2.24, 2.45) is 0 Å². The highest BCUT2D eigenvalue weighted by Gasteiger charge is 2.26. The van der Waals surface area contributed by atoms with Crippen LogP contribution in [0.3, 0.4) is 0 Å². The van der Waals surface area contributed by atoms with Gasteiger partial charge in [-0.1, -0.05) is 93.1 Å². The molecule has 2 aliphatic rings. The molecule has 0 spiro atoms. The van der Waals surface area contributed by atoms with Gasteiger partial charge in [0.15, 0.2) is 0 Å². The Morgan fingerprint density at radius 2 is 1.06 bits per heavy atom. The molecule has 32 heavy (non-hydrogen) atoms. The number of hydrogen-bond donors (Lipinski definition) is 2. The number of benzene rings is 3. The zero-order chi connectivity index (χ0) is 22.2. The summed E-state index contributed by atoms with van der Waals surface area (Å²) in [5, 5.41) is 19.5.